The Morgan fingerprint density at radius 1 is 1.29 bits per heavy atom. The quantitative estimate of drug-likeness (QED) is 0.347. The number of hydrogen-bond acceptors (Lipinski definition) is 4. The van der Waals surface area contributed by atoms with E-state index >= 15 is 0 Å². The van der Waals surface area contributed by atoms with Crippen molar-refractivity contribution in [2.75, 3.05) is 14.1 Å². The minimum Gasteiger partial charge on any atom is -0.350 e. The third-order valence-electron chi connectivity index (χ3n) is 1.15. The van der Waals surface area contributed by atoms with Crippen molar-refractivity contribution in [2.24, 2.45) is 0 Å². The van der Waals surface area contributed by atoms with Gasteiger partial charge in [0, 0.05) is 14.1 Å². The molecule has 1 N–H and O–H groups in total. The Balaban J connectivity index is -0.000000439. The lowest BCUT2D eigenvalue weighted by Gasteiger charge is -2.02. The smallest absolute Gasteiger partial charge is 0.349 e. The summed E-state index contributed by atoms with van der Waals surface area (Å²) in [5.41, 5.74) is -0.683. The number of amides is 2. The van der Waals surface area contributed by atoms with Gasteiger partial charge in [-0.05, 0) is 0 Å². The van der Waals surface area contributed by atoms with E-state index in [1.165, 1.54) is 14.1 Å². The summed E-state index contributed by atoms with van der Waals surface area (Å²) in [6, 6.07) is 0. The molecule has 7 nitrogen and oxygen atoms in total. The zero-order valence-electron chi connectivity index (χ0n) is 11.2. The zero-order valence-corrected chi connectivity index (χ0v) is 11.2. The van der Waals surface area contributed by atoms with E-state index in [-0.39, 0.29) is 0 Å². The molecule has 0 aliphatic heterocycles. The minimum absolute atomic E-state index is 0.354. The van der Waals surface area contributed by atoms with E-state index in [4.69, 9.17) is 0 Å². The minimum atomic E-state index is -0.862. The van der Waals surface area contributed by atoms with Crippen LogP contribution in [0.4, 0.5) is 0 Å². The summed E-state index contributed by atoms with van der Waals surface area (Å²) in [6.45, 7) is 8.00. The second-order valence-electron chi connectivity index (χ2n) is 2.12. The standard InChI is InChI=1S/C6H9N3O4.2C2H6/c1-7-6(11)5(9(12)13)3-8(2)4-10;2*1-2/h3-4H,1-2H3,(H,7,11);2*1-2H3/b5-3+;;. The first-order valence-electron chi connectivity index (χ1n) is 5.28. The summed E-state index contributed by atoms with van der Waals surface area (Å²) in [4.78, 5) is 31.2. The summed E-state index contributed by atoms with van der Waals surface area (Å²) < 4.78 is 0. The van der Waals surface area contributed by atoms with Crippen molar-refractivity contribution in [3.8, 4) is 0 Å². The van der Waals surface area contributed by atoms with Crippen LogP contribution < -0.4 is 5.32 Å². The summed E-state index contributed by atoms with van der Waals surface area (Å²) in [7, 11) is 2.56. The van der Waals surface area contributed by atoms with Crippen LogP contribution in [0.2, 0.25) is 0 Å². The molecule has 0 unspecified atom stereocenters. The predicted molar refractivity (Wildman–Crippen MR) is 65.7 cm³/mol. The van der Waals surface area contributed by atoms with Gasteiger partial charge in [0.25, 0.3) is 0 Å². The Morgan fingerprint density at radius 2 is 1.71 bits per heavy atom. The molecule has 0 aromatic carbocycles. The largest absolute Gasteiger partial charge is 0.350 e. The van der Waals surface area contributed by atoms with Crippen molar-refractivity contribution in [3.63, 3.8) is 0 Å². The maximum atomic E-state index is 10.8. The highest BCUT2D eigenvalue weighted by molar-refractivity contribution is 5.90. The SMILES string of the molecule is CC.CC.CNC(=O)/C(=C\N(C)C=O)[N+](=O)[O-]. The van der Waals surface area contributed by atoms with Crippen LogP contribution in [0.3, 0.4) is 0 Å². The highest BCUT2D eigenvalue weighted by atomic mass is 16.6. The third-order valence-corrected chi connectivity index (χ3v) is 1.15. The molecule has 17 heavy (non-hydrogen) atoms. The molecular weight excluding hydrogens is 226 g/mol. The van der Waals surface area contributed by atoms with Crippen LogP contribution in [0.25, 0.3) is 0 Å². The van der Waals surface area contributed by atoms with Crippen LogP contribution in [0.1, 0.15) is 27.7 Å². The molecule has 0 atom stereocenters. The van der Waals surface area contributed by atoms with Gasteiger partial charge in [-0.25, -0.2) is 0 Å². The first kappa shape index (κ1) is 20.5. The number of likely N-dealkylation sites (N-methyl/N-ethyl adjacent to an activating group) is 1. The average Bonchev–Trinajstić information content (AvgIpc) is 2.39. The van der Waals surface area contributed by atoms with Crippen LogP contribution >= 0.6 is 0 Å². The van der Waals surface area contributed by atoms with Gasteiger partial charge in [0.05, 0.1) is 11.1 Å². The van der Waals surface area contributed by atoms with Crippen molar-refractivity contribution in [2.45, 2.75) is 27.7 Å². The van der Waals surface area contributed by atoms with Crippen molar-refractivity contribution >= 4 is 12.3 Å². The van der Waals surface area contributed by atoms with Crippen LogP contribution in [0, 0.1) is 10.1 Å². The molecule has 0 aromatic rings. The molecule has 0 aliphatic carbocycles. The molecule has 0 aromatic heterocycles. The van der Waals surface area contributed by atoms with Gasteiger partial charge >= 0.3 is 11.6 Å². The molecule has 0 spiro atoms. The van der Waals surface area contributed by atoms with Gasteiger partial charge in [-0.1, -0.05) is 27.7 Å². The first-order chi connectivity index (χ1) is 8.02. The number of carbonyl (C=O) groups excluding carboxylic acids is 2. The Labute approximate surface area is 102 Å². The lowest BCUT2D eigenvalue weighted by Crippen LogP contribution is -2.26. The zero-order chi connectivity index (χ0) is 14.4. The molecule has 0 aliphatic rings. The van der Waals surface area contributed by atoms with E-state index in [2.05, 4.69) is 5.32 Å². The second kappa shape index (κ2) is 14.1. The Kier molecular flexibility index (Phi) is 17.0. The van der Waals surface area contributed by atoms with E-state index in [9.17, 15) is 19.7 Å². The monoisotopic (exact) mass is 247 g/mol. The first-order valence-corrected chi connectivity index (χ1v) is 5.28. The highest BCUT2D eigenvalue weighted by Gasteiger charge is 2.20. The Morgan fingerprint density at radius 3 is 1.94 bits per heavy atom. The topological polar surface area (TPSA) is 92.6 Å². The molecule has 0 rings (SSSR count). The van der Waals surface area contributed by atoms with Crippen LogP contribution in [-0.2, 0) is 9.59 Å². The van der Waals surface area contributed by atoms with Gasteiger partial charge in [-0.15, -0.1) is 0 Å². The fourth-order valence-electron chi connectivity index (χ4n) is 0.540. The molecule has 0 saturated carbocycles. The number of rotatable bonds is 4. The van der Waals surface area contributed by atoms with E-state index in [1.807, 2.05) is 27.7 Å². The van der Waals surface area contributed by atoms with Crippen molar-refractivity contribution < 1.29 is 14.5 Å². The van der Waals surface area contributed by atoms with Crippen molar-refractivity contribution in [3.05, 3.63) is 22.0 Å². The molecule has 100 valence electrons. The lowest BCUT2D eigenvalue weighted by atomic mass is 10.4. The van der Waals surface area contributed by atoms with E-state index in [1.54, 1.807) is 0 Å². The van der Waals surface area contributed by atoms with Crippen LogP contribution in [-0.4, -0.2) is 36.2 Å². The number of hydrogen-bond donors (Lipinski definition) is 1. The predicted octanol–water partition coefficient (Wildman–Crippen LogP) is 0.991. The molecule has 7 heteroatoms. The fourth-order valence-corrected chi connectivity index (χ4v) is 0.540. The molecule has 0 radical (unpaired) electrons. The number of nitrogens with zero attached hydrogens (tertiary/aromatic N) is 2. The van der Waals surface area contributed by atoms with Gasteiger partial charge < -0.3 is 10.2 Å². The van der Waals surface area contributed by atoms with Crippen molar-refractivity contribution in [1.82, 2.24) is 10.2 Å². The van der Waals surface area contributed by atoms with Crippen LogP contribution in [0.15, 0.2) is 11.9 Å². The molecule has 0 fully saturated rings. The number of nitrogens with one attached hydrogen (secondary N) is 1. The van der Waals surface area contributed by atoms with Gasteiger partial charge in [0.2, 0.25) is 6.41 Å². The number of nitro groups is 1. The molecule has 2 amide bonds. The molecule has 0 heterocycles. The molecular formula is C10H21N3O4. The second-order valence-corrected chi connectivity index (χ2v) is 2.12. The van der Waals surface area contributed by atoms with Crippen molar-refractivity contribution in [1.29, 1.82) is 0 Å². The van der Waals surface area contributed by atoms with Gasteiger partial charge in [-0.3, -0.25) is 19.7 Å². The summed E-state index contributed by atoms with van der Waals surface area (Å²) in [5.74, 6) is -0.848. The van der Waals surface area contributed by atoms with Gasteiger partial charge in [-0.2, -0.15) is 0 Å². The van der Waals surface area contributed by atoms with Gasteiger partial charge in [0.15, 0.2) is 0 Å². The average molecular weight is 247 g/mol. The summed E-state index contributed by atoms with van der Waals surface area (Å²) in [6.07, 6.45) is 1.19. The summed E-state index contributed by atoms with van der Waals surface area (Å²) >= 11 is 0. The maximum absolute atomic E-state index is 10.8. The Hall–Kier alpha value is -1.92. The molecule has 0 bridgehead atoms. The van der Waals surface area contributed by atoms with E-state index < -0.39 is 16.5 Å². The van der Waals surface area contributed by atoms with E-state index in [0.717, 1.165) is 11.1 Å². The fraction of sp³-hybridized carbons (Fsp3) is 0.600. The van der Waals surface area contributed by atoms with E-state index in [0.29, 0.717) is 6.41 Å². The summed E-state index contributed by atoms with van der Waals surface area (Å²) in [5, 5.41) is 12.4. The lowest BCUT2D eigenvalue weighted by molar-refractivity contribution is -0.419. The van der Waals surface area contributed by atoms with Crippen LogP contribution in [0.5, 0.6) is 0 Å². The van der Waals surface area contributed by atoms with Gasteiger partial charge in [0.1, 0.15) is 0 Å². The third kappa shape index (κ3) is 10.4. The highest BCUT2D eigenvalue weighted by Crippen LogP contribution is 1.96. The normalized spacial score (nSPS) is 8.71. The number of carbonyl (C=O) groups is 2. The Bertz CT molecular complexity index is 264. The maximum Gasteiger partial charge on any atom is 0.349 e. The molecule has 0 saturated heterocycles.